The molecule has 68 valence electrons. The van der Waals surface area contributed by atoms with Gasteiger partial charge in [0.05, 0.1) is 0 Å². The number of benzene rings is 1. The van der Waals surface area contributed by atoms with Gasteiger partial charge in [0.1, 0.15) is 17.4 Å². The molecule has 0 saturated carbocycles. The Labute approximate surface area is 75.8 Å². The van der Waals surface area contributed by atoms with Gasteiger partial charge in [0.25, 0.3) is 0 Å². The van der Waals surface area contributed by atoms with E-state index in [1.165, 1.54) is 0 Å². The average Bonchev–Trinajstić information content (AvgIpc) is 2.59. The molecule has 3 heteroatoms. The van der Waals surface area contributed by atoms with Gasteiger partial charge in [0, 0.05) is 11.9 Å². The van der Waals surface area contributed by atoms with Crippen LogP contribution >= 0.6 is 0 Å². The zero-order valence-electron chi connectivity index (χ0n) is 7.10. The number of hydrogen-bond acceptors (Lipinski definition) is 3. The third-order valence-electron chi connectivity index (χ3n) is 2.00. The number of furan rings is 1. The first kappa shape index (κ1) is 8.29. The molecule has 3 N–H and O–H groups in total. The van der Waals surface area contributed by atoms with Crippen LogP contribution in [-0.2, 0) is 0 Å². The fraction of sp³-hybridized carbons (Fsp3) is 0.200. The van der Waals surface area contributed by atoms with Crippen LogP contribution in [0.3, 0.4) is 0 Å². The monoisotopic (exact) mass is 177 g/mol. The quantitative estimate of drug-likeness (QED) is 0.729. The summed E-state index contributed by atoms with van der Waals surface area (Å²) in [5, 5.41) is 10.4. The molecule has 1 heterocycles. The lowest BCUT2D eigenvalue weighted by Gasteiger charge is -2.00. The normalized spacial score (nSPS) is 13.4. The van der Waals surface area contributed by atoms with E-state index in [0.717, 1.165) is 11.0 Å². The van der Waals surface area contributed by atoms with E-state index in [2.05, 4.69) is 0 Å². The van der Waals surface area contributed by atoms with Crippen LogP contribution in [0, 0.1) is 0 Å². The zero-order valence-corrected chi connectivity index (χ0v) is 7.10. The molecule has 0 saturated heterocycles. The average molecular weight is 177 g/mol. The molecule has 0 fully saturated rings. The van der Waals surface area contributed by atoms with Gasteiger partial charge >= 0.3 is 0 Å². The Hall–Kier alpha value is -1.32. The maximum absolute atomic E-state index is 9.41. The Morgan fingerprint density at radius 2 is 2.15 bits per heavy atom. The molecule has 13 heavy (non-hydrogen) atoms. The smallest absolute Gasteiger partial charge is 0.135 e. The Balaban J connectivity index is 2.49. The largest absolute Gasteiger partial charge is 0.458 e. The highest BCUT2D eigenvalue weighted by Crippen LogP contribution is 2.22. The highest BCUT2D eigenvalue weighted by Gasteiger charge is 2.10. The number of aliphatic hydroxyl groups excluding tert-OH is 1. The van der Waals surface area contributed by atoms with Crippen LogP contribution < -0.4 is 5.73 Å². The van der Waals surface area contributed by atoms with Crippen LogP contribution in [0.15, 0.2) is 34.7 Å². The van der Waals surface area contributed by atoms with Crippen molar-refractivity contribution in [3.63, 3.8) is 0 Å². The summed E-state index contributed by atoms with van der Waals surface area (Å²) in [6.07, 6.45) is -0.701. The maximum Gasteiger partial charge on any atom is 0.135 e. The molecule has 1 aromatic heterocycles. The summed E-state index contributed by atoms with van der Waals surface area (Å²) in [5.41, 5.74) is 6.10. The van der Waals surface area contributed by atoms with E-state index in [0.29, 0.717) is 5.76 Å². The number of hydrogen-bond donors (Lipinski definition) is 2. The predicted octanol–water partition coefficient (Wildman–Crippen LogP) is 1.42. The third kappa shape index (κ3) is 1.43. The molecular weight excluding hydrogens is 166 g/mol. The summed E-state index contributed by atoms with van der Waals surface area (Å²) in [4.78, 5) is 0. The summed E-state index contributed by atoms with van der Waals surface area (Å²) in [6.45, 7) is 0.180. The number of fused-ring (bicyclic) bond motifs is 1. The standard InChI is InChI=1S/C10H11NO2/c11-6-8(12)10-5-7-3-1-2-4-9(7)13-10/h1-5,8,12H,6,11H2. The highest BCUT2D eigenvalue weighted by atomic mass is 16.4. The van der Waals surface area contributed by atoms with Gasteiger partial charge in [0.15, 0.2) is 0 Å². The van der Waals surface area contributed by atoms with Gasteiger partial charge in [-0.3, -0.25) is 0 Å². The first-order chi connectivity index (χ1) is 6.31. The Morgan fingerprint density at radius 1 is 1.38 bits per heavy atom. The van der Waals surface area contributed by atoms with Gasteiger partial charge in [-0.05, 0) is 12.1 Å². The minimum atomic E-state index is -0.701. The van der Waals surface area contributed by atoms with Gasteiger partial charge < -0.3 is 15.3 Å². The fourth-order valence-corrected chi connectivity index (χ4v) is 1.28. The lowest BCUT2D eigenvalue weighted by Crippen LogP contribution is -2.10. The molecular formula is C10H11NO2. The summed E-state index contributed by atoms with van der Waals surface area (Å²) in [6, 6.07) is 9.43. The lowest BCUT2D eigenvalue weighted by atomic mass is 10.2. The Kier molecular flexibility index (Phi) is 2.04. The van der Waals surface area contributed by atoms with Gasteiger partial charge in [-0.25, -0.2) is 0 Å². The SMILES string of the molecule is NCC(O)c1cc2ccccc2o1. The Bertz CT molecular complexity index is 375. The molecule has 1 aromatic carbocycles. The van der Waals surface area contributed by atoms with Crippen LogP contribution in [0.1, 0.15) is 11.9 Å². The summed E-state index contributed by atoms with van der Waals surface area (Å²) < 4.78 is 5.39. The molecule has 0 bridgehead atoms. The second-order valence-corrected chi connectivity index (χ2v) is 2.94. The third-order valence-corrected chi connectivity index (χ3v) is 2.00. The lowest BCUT2D eigenvalue weighted by molar-refractivity contribution is 0.160. The number of rotatable bonds is 2. The molecule has 0 aliphatic rings. The van der Waals surface area contributed by atoms with E-state index < -0.39 is 6.10 Å². The van der Waals surface area contributed by atoms with Crippen molar-refractivity contribution in [2.24, 2.45) is 5.73 Å². The van der Waals surface area contributed by atoms with Crippen molar-refractivity contribution in [3.05, 3.63) is 36.1 Å². The van der Waals surface area contributed by atoms with Crippen molar-refractivity contribution in [2.75, 3.05) is 6.54 Å². The van der Waals surface area contributed by atoms with Crippen molar-refractivity contribution in [3.8, 4) is 0 Å². The van der Waals surface area contributed by atoms with Crippen LogP contribution in [0.4, 0.5) is 0 Å². The van der Waals surface area contributed by atoms with Crippen LogP contribution in [0.25, 0.3) is 11.0 Å². The molecule has 2 aromatic rings. The summed E-state index contributed by atoms with van der Waals surface area (Å²) >= 11 is 0. The number of nitrogens with two attached hydrogens (primary N) is 1. The topological polar surface area (TPSA) is 59.4 Å². The van der Waals surface area contributed by atoms with Gasteiger partial charge in [0.2, 0.25) is 0 Å². The molecule has 0 aliphatic carbocycles. The molecule has 0 spiro atoms. The minimum absolute atomic E-state index is 0.180. The predicted molar refractivity (Wildman–Crippen MR) is 50.2 cm³/mol. The summed E-state index contributed by atoms with van der Waals surface area (Å²) in [5.74, 6) is 0.531. The van der Waals surface area contributed by atoms with Crippen molar-refractivity contribution in [1.29, 1.82) is 0 Å². The van der Waals surface area contributed by atoms with Gasteiger partial charge in [-0.1, -0.05) is 18.2 Å². The number of para-hydroxylation sites is 1. The van der Waals surface area contributed by atoms with Crippen molar-refractivity contribution in [1.82, 2.24) is 0 Å². The van der Waals surface area contributed by atoms with Gasteiger partial charge in [-0.15, -0.1) is 0 Å². The van der Waals surface area contributed by atoms with Crippen LogP contribution in [0.2, 0.25) is 0 Å². The van der Waals surface area contributed by atoms with E-state index in [1.54, 1.807) is 0 Å². The zero-order chi connectivity index (χ0) is 9.26. The molecule has 3 nitrogen and oxygen atoms in total. The molecule has 0 radical (unpaired) electrons. The van der Waals surface area contributed by atoms with E-state index in [-0.39, 0.29) is 6.54 Å². The van der Waals surface area contributed by atoms with Crippen molar-refractivity contribution in [2.45, 2.75) is 6.10 Å². The molecule has 0 aliphatic heterocycles. The van der Waals surface area contributed by atoms with Crippen molar-refractivity contribution >= 4 is 11.0 Å². The molecule has 2 rings (SSSR count). The first-order valence-electron chi connectivity index (χ1n) is 4.18. The molecule has 1 atom stereocenters. The Morgan fingerprint density at radius 3 is 2.85 bits per heavy atom. The fourth-order valence-electron chi connectivity index (χ4n) is 1.28. The van der Waals surface area contributed by atoms with E-state index in [9.17, 15) is 5.11 Å². The van der Waals surface area contributed by atoms with E-state index >= 15 is 0 Å². The second-order valence-electron chi connectivity index (χ2n) is 2.94. The van der Waals surface area contributed by atoms with Crippen LogP contribution in [0.5, 0.6) is 0 Å². The maximum atomic E-state index is 9.41. The molecule has 1 unspecified atom stereocenters. The summed E-state index contributed by atoms with van der Waals surface area (Å²) in [7, 11) is 0. The molecule has 0 amide bonds. The van der Waals surface area contributed by atoms with Crippen molar-refractivity contribution < 1.29 is 9.52 Å². The highest BCUT2D eigenvalue weighted by molar-refractivity contribution is 5.77. The number of aliphatic hydroxyl groups is 1. The minimum Gasteiger partial charge on any atom is -0.458 e. The second kappa shape index (κ2) is 3.20. The van der Waals surface area contributed by atoms with Gasteiger partial charge in [-0.2, -0.15) is 0 Å². The van der Waals surface area contributed by atoms with E-state index in [1.807, 2.05) is 30.3 Å². The first-order valence-corrected chi connectivity index (χ1v) is 4.18. The van der Waals surface area contributed by atoms with Crippen LogP contribution in [-0.4, -0.2) is 11.7 Å². The van der Waals surface area contributed by atoms with E-state index in [4.69, 9.17) is 10.2 Å².